The van der Waals surface area contributed by atoms with E-state index in [0.29, 0.717) is 12.2 Å². The Kier molecular flexibility index (Phi) is 4.81. The van der Waals surface area contributed by atoms with E-state index in [4.69, 9.17) is 0 Å². The number of aryl methyl sites for hydroxylation is 1. The number of amides is 1. The zero-order valence-corrected chi connectivity index (χ0v) is 9.42. The van der Waals surface area contributed by atoms with Crippen LogP contribution in [0.1, 0.15) is 38.2 Å². The molecule has 1 N–H and O–H groups in total. The number of rotatable bonds is 5. The summed E-state index contributed by atoms with van der Waals surface area (Å²) in [6.07, 6.45) is 5.53. The summed E-state index contributed by atoms with van der Waals surface area (Å²) in [5.41, 5.74) is 1.10. The molecule has 15 heavy (non-hydrogen) atoms. The van der Waals surface area contributed by atoms with Gasteiger partial charge in [-0.15, -0.1) is 0 Å². The summed E-state index contributed by atoms with van der Waals surface area (Å²) < 4.78 is 0. The molecule has 0 aliphatic carbocycles. The van der Waals surface area contributed by atoms with Gasteiger partial charge in [-0.05, 0) is 25.0 Å². The minimum absolute atomic E-state index is 0.0554. The topological polar surface area (TPSA) is 42.0 Å². The molecule has 0 aliphatic rings. The maximum Gasteiger partial charge on any atom is 0.225 e. The van der Waals surface area contributed by atoms with E-state index in [2.05, 4.69) is 17.2 Å². The molecule has 0 radical (unpaired) electrons. The van der Waals surface area contributed by atoms with Crippen LogP contribution in [0.3, 0.4) is 0 Å². The Morgan fingerprint density at radius 1 is 1.40 bits per heavy atom. The summed E-state index contributed by atoms with van der Waals surface area (Å²) >= 11 is 0. The van der Waals surface area contributed by atoms with Crippen LogP contribution in [0.25, 0.3) is 0 Å². The van der Waals surface area contributed by atoms with E-state index < -0.39 is 0 Å². The number of carbonyl (C=O) groups is 1. The van der Waals surface area contributed by atoms with Gasteiger partial charge in [0.05, 0.1) is 0 Å². The Labute approximate surface area is 90.9 Å². The quantitative estimate of drug-likeness (QED) is 0.753. The average Bonchev–Trinajstić information content (AvgIpc) is 2.22. The van der Waals surface area contributed by atoms with Crippen molar-refractivity contribution in [2.24, 2.45) is 0 Å². The van der Waals surface area contributed by atoms with E-state index in [1.165, 1.54) is 0 Å². The van der Waals surface area contributed by atoms with Gasteiger partial charge in [0.1, 0.15) is 5.82 Å². The number of unbranched alkanes of at least 4 members (excludes halogenated alkanes) is 2. The normalized spacial score (nSPS) is 10.0. The van der Waals surface area contributed by atoms with Crippen molar-refractivity contribution in [2.45, 2.75) is 39.5 Å². The summed E-state index contributed by atoms with van der Waals surface area (Å²) in [7, 11) is 0. The zero-order chi connectivity index (χ0) is 11.1. The van der Waals surface area contributed by atoms with Gasteiger partial charge in [-0.3, -0.25) is 4.79 Å². The van der Waals surface area contributed by atoms with Crippen molar-refractivity contribution in [3.63, 3.8) is 0 Å². The van der Waals surface area contributed by atoms with Gasteiger partial charge in [0.2, 0.25) is 5.91 Å². The molecule has 0 atom stereocenters. The van der Waals surface area contributed by atoms with Crippen molar-refractivity contribution in [3.05, 3.63) is 23.9 Å². The molecule has 1 amide bonds. The van der Waals surface area contributed by atoms with Gasteiger partial charge >= 0.3 is 0 Å². The van der Waals surface area contributed by atoms with E-state index in [1.54, 1.807) is 6.20 Å². The van der Waals surface area contributed by atoms with Gasteiger partial charge in [0.15, 0.2) is 0 Å². The number of anilines is 1. The lowest BCUT2D eigenvalue weighted by Gasteiger charge is -2.03. The van der Waals surface area contributed by atoms with Crippen LogP contribution in [0, 0.1) is 6.92 Å². The Balaban J connectivity index is 2.34. The highest BCUT2D eigenvalue weighted by Gasteiger charge is 2.01. The summed E-state index contributed by atoms with van der Waals surface area (Å²) in [5.74, 6) is 0.696. The number of carbonyl (C=O) groups excluding carboxylic acids is 1. The monoisotopic (exact) mass is 206 g/mol. The smallest absolute Gasteiger partial charge is 0.225 e. The van der Waals surface area contributed by atoms with Crippen LogP contribution in [0.5, 0.6) is 0 Å². The van der Waals surface area contributed by atoms with Gasteiger partial charge in [0.25, 0.3) is 0 Å². The number of aromatic nitrogens is 1. The van der Waals surface area contributed by atoms with Crippen LogP contribution in [-0.2, 0) is 4.79 Å². The van der Waals surface area contributed by atoms with E-state index in [0.717, 1.165) is 24.8 Å². The highest BCUT2D eigenvalue weighted by atomic mass is 16.1. The first kappa shape index (κ1) is 11.7. The lowest BCUT2D eigenvalue weighted by molar-refractivity contribution is -0.116. The molecule has 0 unspecified atom stereocenters. The van der Waals surface area contributed by atoms with Gasteiger partial charge in [0, 0.05) is 12.6 Å². The summed E-state index contributed by atoms with van der Waals surface area (Å²) in [5, 5.41) is 2.78. The molecule has 82 valence electrons. The largest absolute Gasteiger partial charge is 0.311 e. The summed E-state index contributed by atoms with van der Waals surface area (Å²) in [6, 6.07) is 3.77. The average molecular weight is 206 g/mol. The van der Waals surface area contributed by atoms with Crippen LogP contribution in [0.4, 0.5) is 5.82 Å². The van der Waals surface area contributed by atoms with Crippen molar-refractivity contribution in [1.82, 2.24) is 4.98 Å². The molecule has 1 aromatic heterocycles. The van der Waals surface area contributed by atoms with Gasteiger partial charge in [-0.2, -0.15) is 0 Å². The van der Waals surface area contributed by atoms with Crippen molar-refractivity contribution in [3.8, 4) is 0 Å². The maximum atomic E-state index is 11.4. The van der Waals surface area contributed by atoms with E-state index in [9.17, 15) is 4.79 Å². The second kappa shape index (κ2) is 6.17. The molecule has 0 bridgehead atoms. The van der Waals surface area contributed by atoms with Crippen molar-refractivity contribution < 1.29 is 4.79 Å². The highest BCUT2D eigenvalue weighted by molar-refractivity contribution is 5.89. The molecule has 0 saturated heterocycles. The first-order valence-corrected chi connectivity index (χ1v) is 5.45. The third-order valence-corrected chi connectivity index (χ3v) is 2.19. The van der Waals surface area contributed by atoms with Crippen LogP contribution in [-0.4, -0.2) is 10.9 Å². The number of hydrogen-bond donors (Lipinski definition) is 1. The lowest BCUT2D eigenvalue weighted by Crippen LogP contribution is -2.12. The van der Waals surface area contributed by atoms with Crippen molar-refractivity contribution in [1.29, 1.82) is 0 Å². The molecule has 0 saturated carbocycles. The van der Waals surface area contributed by atoms with Crippen LogP contribution in [0.15, 0.2) is 18.3 Å². The fraction of sp³-hybridized carbons (Fsp3) is 0.500. The Bertz CT molecular complexity index is 306. The molecule has 0 aromatic carbocycles. The number of pyridine rings is 1. The van der Waals surface area contributed by atoms with E-state index in [-0.39, 0.29) is 5.91 Å². The molecule has 1 heterocycles. The molecule has 3 heteroatoms. The summed E-state index contributed by atoms with van der Waals surface area (Å²) in [4.78, 5) is 15.5. The Morgan fingerprint density at radius 3 is 2.80 bits per heavy atom. The van der Waals surface area contributed by atoms with E-state index >= 15 is 0 Å². The summed E-state index contributed by atoms with van der Waals surface area (Å²) in [6.45, 7) is 4.10. The standard InChI is InChI=1S/C12H18N2O/c1-3-4-5-6-12(15)14-11-8-7-10(2)9-13-11/h7-9H,3-6H2,1-2H3,(H,13,14,15). The highest BCUT2D eigenvalue weighted by Crippen LogP contribution is 2.06. The van der Waals surface area contributed by atoms with Crippen LogP contribution < -0.4 is 5.32 Å². The number of nitrogens with one attached hydrogen (secondary N) is 1. The first-order valence-electron chi connectivity index (χ1n) is 5.45. The lowest BCUT2D eigenvalue weighted by atomic mass is 10.2. The predicted octanol–water partition coefficient (Wildman–Crippen LogP) is 2.91. The molecule has 0 fully saturated rings. The predicted molar refractivity (Wildman–Crippen MR) is 61.7 cm³/mol. The van der Waals surface area contributed by atoms with Gasteiger partial charge < -0.3 is 5.32 Å². The SMILES string of the molecule is CCCCCC(=O)Nc1ccc(C)cn1. The van der Waals surface area contributed by atoms with Gasteiger partial charge in [-0.1, -0.05) is 25.8 Å². The van der Waals surface area contributed by atoms with E-state index in [1.807, 2.05) is 19.1 Å². The molecule has 1 rings (SSSR count). The molecule has 3 nitrogen and oxygen atoms in total. The van der Waals surface area contributed by atoms with Crippen molar-refractivity contribution in [2.75, 3.05) is 5.32 Å². The third-order valence-electron chi connectivity index (χ3n) is 2.19. The minimum Gasteiger partial charge on any atom is -0.311 e. The second-order valence-electron chi connectivity index (χ2n) is 3.73. The molecule has 0 aliphatic heterocycles. The van der Waals surface area contributed by atoms with Crippen molar-refractivity contribution >= 4 is 11.7 Å². The van der Waals surface area contributed by atoms with Gasteiger partial charge in [-0.25, -0.2) is 4.98 Å². The van der Waals surface area contributed by atoms with Crippen LogP contribution in [0.2, 0.25) is 0 Å². The number of hydrogen-bond acceptors (Lipinski definition) is 2. The minimum atomic E-state index is 0.0554. The number of nitrogens with zero attached hydrogens (tertiary/aromatic N) is 1. The fourth-order valence-electron chi connectivity index (χ4n) is 1.28. The maximum absolute atomic E-state index is 11.4. The zero-order valence-electron chi connectivity index (χ0n) is 9.42. The first-order chi connectivity index (χ1) is 7.22. The Morgan fingerprint density at radius 2 is 2.20 bits per heavy atom. The molecular formula is C12H18N2O. The fourth-order valence-corrected chi connectivity index (χ4v) is 1.28. The Hall–Kier alpha value is -1.38. The molecular weight excluding hydrogens is 188 g/mol. The second-order valence-corrected chi connectivity index (χ2v) is 3.73. The van der Waals surface area contributed by atoms with Crippen LogP contribution >= 0.6 is 0 Å². The molecule has 1 aromatic rings. The third kappa shape index (κ3) is 4.58. The molecule has 0 spiro atoms.